The number of unbranched alkanes of at least 4 members (excludes halogenated alkanes) is 12. The lowest BCUT2D eigenvalue weighted by molar-refractivity contribution is -0.143. The lowest BCUT2D eigenvalue weighted by atomic mass is 9.70. The topological polar surface area (TPSA) is 256 Å². The lowest BCUT2D eigenvalue weighted by Gasteiger charge is -2.33. The molecule has 20 heteroatoms. The minimum atomic E-state index is -0.419. The number of ether oxygens (including phenoxy) is 4. The molecule has 20 nitrogen and oxygen atoms in total. The van der Waals surface area contributed by atoms with Gasteiger partial charge < -0.3 is 48.0 Å². The molecule has 0 saturated heterocycles. The molecule has 5 aliphatic rings. The van der Waals surface area contributed by atoms with Gasteiger partial charge in [0.2, 0.25) is 0 Å². The summed E-state index contributed by atoms with van der Waals surface area (Å²) in [6, 6.07) is 29.7. The van der Waals surface area contributed by atoms with Gasteiger partial charge >= 0.3 is 23.9 Å². The average molecular weight is 1690 g/mol. The van der Waals surface area contributed by atoms with Crippen LogP contribution in [0.4, 0.5) is 0 Å². The third-order valence-electron chi connectivity index (χ3n) is 24.2. The van der Waals surface area contributed by atoms with E-state index in [4.69, 9.17) is 48.9 Å². The summed E-state index contributed by atoms with van der Waals surface area (Å²) in [6.45, 7) is 20.0. The number of aromatic nitrogens is 12. The van der Waals surface area contributed by atoms with E-state index >= 15 is 0 Å². The molecule has 0 amide bonds. The number of hydrogen-bond acceptors (Lipinski definition) is 14. The van der Waals surface area contributed by atoms with Gasteiger partial charge in [0.1, 0.15) is 38.1 Å². The van der Waals surface area contributed by atoms with Crippen molar-refractivity contribution in [1.29, 1.82) is 0 Å². The molecule has 1 aliphatic carbocycles. The molecule has 4 N–H and O–H groups in total. The van der Waals surface area contributed by atoms with E-state index in [2.05, 4.69) is 120 Å². The summed E-state index contributed by atoms with van der Waals surface area (Å²) in [5.74, 6) is 14.9. The molecule has 2 aromatic carbocycles. The number of aromatic amines is 4. The molecular weight excluding hydrogens is 1580 g/mol. The number of fused-ring (bicyclic) bond motifs is 19. The van der Waals surface area contributed by atoms with Gasteiger partial charge in [0.25, 0.3) is 0 Å². The Hall–Kier alpha value is -14.0. The van der Waals surface area contributed by atoms with Gasteiger partial charge in [-0.2, -0.15) is 0 Å². The highest BCUT2D eigenvalue weighted by atomic mass is 16.5. The van der Waals surface area contributed by atoms with Gasteiger partial charge in [0.05, 0.1) is 89.9 Å². The van der Waals surface area contributed by atoms with Gasteiger partial charge in [-0.15, -0.1) is 0 Å². The maximum atomic E-state index is 13.4. The van der Waals surface area contributed by atoms with Crippen LogP contribution in [0, 0.1) is 23.7 Å². The molecule has 4 aliphatic heterocycles. The zero-order valence-electron chi connectivity index (χ0n) is 73.3. The summed E-state index contributed by atoms with van der Waals surface area (Å²) in [5, 5.41) is 0. The Kier molecular flexibility index (Phi) is 28.8. The Bertz CT molecular complexity index is 6090. The Labute approximate surface area is 742 Å². The van der Waals surface area contributed by atoms with Crippen molar-refractivity contribution in [3.05, 3.63) is 262 Å². The second-order valence-corrected chi connectivity index (χ2v) is 32.9. The van der Waals surface area contributed by atoms with Crippen molar-refractivity contribution in [2.45, 2.75) is 173 Å². The van der Waals surface area contributed by atoms with Crippen LogP contribution in [0.3, 0.4) is 0 Å². The molecule has 0 radical (unpaired) electrons. The fourth-order valence-electron chi connectivity index (χ4n) is 17.8. The number of benzene rings is 2. The Morgan fingerprint density at radius 3 is 1.00 bits per heavy atom. The smallest absolute Gasteiger partial charge is 0.306 e. The van der Waals surface area contributed by atoms with Gasteiger partial charge in [0.15, 0.2) is 0 Å². The number of hydrogen-bond donors (Lipinski definition) is 4. The first-order chi connectivity index (χ1) is 62.2. The molecule has 10 aromatic rings. The summed E-state index contributed by atoms with van der Waals surface area (Å²) in [7, 11) is 3.90. The second-order valence-electron chi connectivity index (χ2n) is 32.9. The molecule has 0 atom stereocenters. The highest BCUT2D eigenvalue weighted by Crippen LogP contribution is 2.55. The summed E-state index contributed by atoms with van der Waals surface area (Å²) in [6.07, 6.45) is 49.1. The number of carbonyl (C=O) groups is 4. The summed E-state index contributed by atoms with van der Waals surface area (Å²) >= 11 is 0. The lowest BCUT2D eigenvalue weighted by Crippen LogP contribution is -2.26. The fourth-order valence-corrected chi connectivity index (χ4v) is 17.8. The van der Waals surface area contributed by atoms with Crippen molar-refractivity contribution in [3.8, 4) is 57.6 Å². The second kappa shape index (κ2) is 41.7. The van der Waals surface area contributed by atoms with Crippen LogP contribution in [0.25, 0.3) is 127 Å². The molecular formula is C107H110N12O8. The van der Waals surface area contributed by atoms with E-state index in [1.54, 1.807) is 36.7 Å². The van der Waals surface area contributed by atoms with E-state index in [-0.39, 0.29) is 76.0 Å². The van der Waals surface area contributed by atoms with Gasteiger partial charge in [-0.25, -0.2) is 29.9 Å². The summed E-state index contributed by atoms with van der Waals surface area (Å²) < 4.78 is 26.1. The van der Waals surface area contributed by atoms with E-state index in [1.807, 2.05) is 133 Å². The number of rotatable bonds is 38. The standard InChI is InChI=1S/C107H110N12O8/c1-9-15-17-19-21-23-25-59-107(60-26-24-22-20-18-16-10-2)81-69-71(29-33-75-83-39-43-87(110-83)77(35-55-99(120)124-65-11-3)91-47-51-95(114-91)103(105-108-61-63-118(105)7)96-52-48-92(115-96)78(88-44-40-84(75)111-88)36-56-100(121)125-66-12-4)27-31-73(81)74-32-28-72(70-82(74)107)30-34-76-85-41-45-89(112-85)79(37-57-101(122)126-67-13-5)93-49-53-97(116-93)104(106-109-62-64-119(106)8)98-54-50-94(117-98)80(90-46-42-86(76)113-90)38-58-102(123)127-68-14-6/h11-14,27-28,31-32,39-54,61-64,69-70,110,112,115,117H,3-6,9-10,15-26,35-38,55-60,65-68H2,1-2,7-8H3. The van der Waals surface area contributed by atoms with Crippen molar-refractivity contribution in [2.24, 2.45) is 14.1 Å². The van der Waals surface area contributed by atoms with Crippen molar-refractivity contribution in [3.63, 3.8) is 0 Å². The first-order valence-electron chi connectivity index (χ1n) is 44.8. The minimum absolute atomic E-state index is 0.0839. The molecule has 0 saturated carbocycles. The maximum absolute atomic E-state index is 13.4. The molecule has 16 bridgehead atoms. The van der Waals surface area contributed by atoms with Crippen LogP contribution in [0.5, 0.6) is 0 Å². The van der Waals surface area contributed by atoms with Crippen molar-refractivity contribution >= 4 is 117 Å². The van der Waals surface area contributed by atoms with Gasteiger partial charge in [-0.3, -0.25) is 19.2 Å². The third kappa shape index (κ3) is 20.4. The number of carbonyl (C=O) groups excluding carboxylic acids is 4. The number of aryl methyl sites for hydroxylation is 6. The van der Waals surface area contributed by atoms with Crippen LogP contribution in [-0.2, 0) is 83.3 Å². The zero-order valence-corrected chi connectivity index (χ0v) is 73.3. The molecule has 15 rings (SSSR count). The Balaban J connectivity index is 0.901. The molecule has 0 spiro atoms. The third-order valence-corrected chi connectivity index (χ3v) is 24.2. The predicted molar refractivity (Wildman–Crippen MR) is 510 cm³/mol. The largest absolute Gasteiger partial charge is 0.461 e. The molecule has 127 heavy (non-hydrogen) atoms. The zero-order chi connectivity index (χ0) is 88.2. The summed E-state index contributed by atoms with van der Waals surface area (Å²) in [4.78, 5) is 100. The number of nitrogens with zero attached hydrogens (tertiary/aromatic N) is 8. The average Bonchev–Trinajstić information content (AvgIpc) is 1.56. The van der Waals surface area contributed by atoms with Crippen LogP contribution >= 0.6 is 0 Å². The predicted octanol–water partition coefficient (Wildman–Crippen LogP) is 22.4. The monoisotopic (exact) mass is 1690 g/mol. The molecule has 646 valence electrons. The number of esters is 4. The normalized spacial score (nSPS) is 12.4. The van der Waals surface area contributed by atoms with Crippen LogP contribution < -0.4 is 0 Å². The number of nitrogens with one attached hydrogen (secondary N) is 4. The molecule has 0 unspecified atom stereocenters. The minimum Gasteiger partial charge on any atom is -0.461 e. The van der Waals surface area contributed by atoms with E-state index in [1.165, 1.54) is 73.6 Å². The van der Waals surface area contributed by atoms with E-state index < -0.39 is 5.41 Å². The first kappa shape index (κ1) is 87.9. The van der Waals surface area contributed by atoms with Crippen molar-refractivity contribution < 1.29 is 38.1 Å². The van der Waals surface area contributed by atoms with Gasteiger partial charge in [0, 0.05) is 125 Å². The van der Waals surface area contributed by atoms with Gasteiger partial charge in [-0.1, -0.05) is 190 Å². The van der Waals surface area contributed by atoms with Crippen molar-refractivity contribution in [1.82, 2.24) is 59.0 Å². The Morgan fingerprint density at radius 1 is 0.370 bits per heavy atom. The first-order valence-corrected chi connectivity index (χ1v) is 44.8. The fraction of sp³-hybridized carbons (Fsp3) is 0.308. The summed E-state index contributed by atoms with van der Waals surface area (Å²) in [5.41, 5.74) is 23.3. The molecule has 8 aromatic heterocycles. The van der Waals surface area contributed by atoms with Crippen LogP contribution in [0.2, 0.25) is 0 Å². The highest BCUT2D eigenvalue weighted by Gasteiger charge is 2.43. The Morgan fingerprint density at radius 2 is 0.669 bits per heavy atom. The van der Waals surface area contributed by atoms with Crippen LogP contribution in [0.15, 0.2) is 160 Å². The van der Waals surface area contributed by atoms with Crippen molar-refractivity contribution in [2.75, 3.05) is 26.4 Å². The number of H-pyrrole nitrogens is 4. The quantitative estimate of drug-likeness (QED) is 0.00923. The highest BCUT2D eigenvalue weighted by molar-refractivity contribution is 5.94. The molecule has 12 heterocycles. The van der Waals surface area contributed by atoms with Crippen LogP contribution in [0.1, 0.15) is 243 Å². The van der Waals surface area contributed by atoms with E-state index in [9.17, 15) is 19.2 Å². The van der Waals surface area contributed by atoms with Gasteiger partial charge in [-0.05, 0) is 182 Å². The van der Waals surface area contributed by atoms with E-state index in [0.29, 0.717) is 105 Å². The number of imidazole rings is 2. The maximum Gasteiger partial charge on any atom is 0.306 e. The van der Waals surface area contributed by atoms with E-state index in [0.717, 1.165) is 129 Å². The SMILES string of the molecule is C=CCOC(=O)CCc1c2nc(c(-c3nccn3C)c3ccc([nH]3)c(CCC(=O)OCC=C)c3nc(c(C#Cc4ccc5c(c4)C(CCCCCCCCC)(CCCCCCCCC)c4cc(C#Cc6c7nc(c(CCC(=O)OCC=C)c8ccc([nH]8)c(-c8nccn8C)c8nc(c(CCC(=O)OCC=C)c9ccc6[nH]9)C=C8)C=C7)ccc4-5)c4ccc1[nH]4)C=C3)C=C2. The molecule has 0 fully saturated rings. The van der Waals surface area contributed by atoms with Crippen LogP contribution in [-0.4, -0.2) is 109 Å².